The summed E-state index contributed by atoms with van der Waals surface area (Å²) in [5.41, 5.74) is 1.15. The van der Waals surface area contributed by atoms with Crippen LogP contribution in [0.3, 0.4) is 0 Å². The molecule has 1 N–H and O–H groups in total. The van der Waals surface area contributed by atoms with Gasteiger partial charge in [-0.25, -0.2) is 0 Å². The zero-order valence-corrected chi connectivity index (χ0v) is 12.8. The molecule has 2 atom stereocenters. The summed E-state index contributed by atoms with van der Waals surface area (Å²) in [4.78, 5) is 0. The highest BCUT2D eigenvalue weighted by molar-refractivity contribution is 5.46. The Morgan fingerprint density at radius 1 is 1.16 bits per heavy atom. The first-order valence-electron chi connectivity index (χ1n) is 7.18. The van der Waals surface area contributed by atoms with Crippen LogP contribution in [-0.4, -0.2) is 19.3 Å². The minimum Gasteiger partial charge on any atom is -0.493 e. The van der Waals surface area contributed by atoms with Crippen LogP contribution in [-0.2, 0) is 6.54 Å². The smallest absolute Gasteiger partial charge is 0.166 e. The third-order valence-corrected chi connectivity index (χ3v) is 3.43. The topological polar surface area (TPSA) is 30.5 Å². The minimum atomic E-state index is 0.193. The predicted molar refractivity (Wildman–Crippen MR) is 80.0 cm³/mol. The molecular formula is C16H27NO2. The van der Waals surface area contributed by atoms with Crippen LogP contribution in [0.2, 0.25) is 0 Å². The Bertz CT molecular complexity index is 379. The van der Waals surface area contributed by atoms with Crippen molar-refractivity contribution in [3.05, 3.63) is 23.8 Å². The number of nitrogens with one attached hydrogen (secondary N) is 1. The van der Waals surface area contributed by atoms with E-state index in [-0.39, 0.29) is 6.10 Å². The molecule has 1 aromatic rings. The van der Waals surface area contributed by atoms with E-state index < -0.39 is 0 Å². The van der Waals surface area contributed by atoms with Gasteiger partial charge in [-0.05, 0) is 32.8 Å². The lowest BCUT2D eigenvalue weighted by Gasteiger charge is -2.20. The van der Waals surface area contributed by atoms with Gasteiger partial charge in [0, 0.05) is 18.2 Å². The average Bonchev–Trinajstić information content (AvgIpc) is 2.45. The Labute approximate surface area is 117 Å². The third-order valence-electron chi connectivity index (χ3n) is 3.43. The Balaban J connectivity index is 2.88. The molecule has 0 fully saturated rings. The van der Waals surface area contributed by atoms with Gasteiger partial charge in [-0.1, -0.05) is 26.0 Å². The van der Waals surface area contributed by atoms with Gasteiger partial charge in [0.15, 0.2) is 11.5 Å². The highest BCUT2D eigenvalue weighted by atomic mass is 16.5. The molecule has 0 aliphatic rings. The van der Waals surface area contributed by atoms with Gasteiger partial charge in [-0.15, -0.1) is 0 Å². The zero-order valence-electron chi connectivity index (χ0n) is 12.8. The molecule has 1 aromatic carbocycles. The van der Waals surface area contributed by atoms with Crippen LogP contribution in [0, 0.1) is 0 Å². The van der Waals surface area contributed by atoms with Crippen LogP contribution in [0.1, 0.15) is 46.1 Å². The molecule has 0 aliphatic carbocycles. The Morgan fingerprint density at radius 2 is 1.89 bits per heavy atom. The molecule has 0 saturated carbocycles. The van der Waals surface area contributed by atoms with Gasteiger partial charge >= 0.3 is 0 Å². The van der Waals surface area contributed by atoms with Gasteiger partial charge in [-0.3, -0.25) is 0 Å². The lowest BCUT2D eigenvalue weighted by Crippen LogP contribution is -2.25. The van der Waals surface area contributed by atoms with E-state index in [0.717, 1.165) is 36.4 Å². The molecule has 0 radical (unpaired) electrons. The molecule has 3 heteroatoms. The van der Waals surface area contributed by atoms with Gasteiger partial charge in [0.1, 0.15) is 0 Å². The highest BCUT2D eigenvalue weighted by Gasteiger charge is 2.13. The fraction of sp³-hybridized carbons (Fsp3) is 0.625. The lowest BCUT2D eigenvalue weighted by atomic mass is 10.1. The molecule has 0 heterocycles. The summed E-state index contributed by atoms with van der Waals surface area (Å²) in [6, 6.07) is 6.55. The van der Waals surface area contributed by atoms with Gasteiger partial charge in [0.25, 0.3) is 0 Å². The first-order chi connectivity index (χ1) is 9.12. The predicted octanol–water partition coefficient (Wildman–Crippen LogP) is 3.76. The van der Waals surface area contributed by atoms with Crippen LogP contribution < -0.4 is 14.8 Å². The summed E-state index contributed by atoms with van der Waals surface area (Å²) in [5, 5.41) is 3.50. The van der Waals surface area contributed by atoms with Crippen LogP contribution in [0.25, 0.3) is 0 Å². The lowest BCUT2D eigenvalue weighted by molar-refractivity contribution is 0.205. The van der Waals surface area contributed by atoms with E-state index in [0.29, 0.717) is 6.04 Å². The second-order valence-corrected chi connectivity index (χ2v) is 4.98. The number of hydrogen-bond acceptors (Lipinski definition) is 3. The van der Waals surface area contributed by atoms with E-state index in [1.807, 2.05) is 12.1 Å². The Hall–Kier alpha value is -1.22. The number of methoxy groups -OCH3 is 1. The number of benzene rings is 1. The standard InChI is InChI=1S/C16H27NO2/c1-6-12(3)17-11-14-9-8-10-15(18-5)16(14)19-13(4)7-2/h8-10,12-13,17H,6-7,11H2,1-5H3. The van der Waals surface area contributed by atoms with Crippen molar-refractivity contribution < 1.29 is 9.47 Å². The first kappa shape index (κ1) is 15.8. The van der Waals surface area contributed by atoms with Gasteiger partial charge < -0.3 is 14.8 Å². The molecular weight excluding hydrogens is 238 g/mol. The summed E-state index contributed by atoms with van der Waals surface area (Å²) in [5.74, 6) is 1.68. The van der Waals surface area contributed by atoms with E-state index in [1.54, 1.807) is 7.11 Å². The minimum absolute atomic E-state index is 0.193. The summed E-state index contributed by atoms with van der Waals surface area (Å²) in [6.45, 7) is 9.38. The summed E-state index contributed by atoms with van der Waals surface area (Å²) in [7, 11) is 1.69. The first-order valence-corrected chi connectivity index (χ1v) is 7.18. The highest BCUT2D eigenvalue weighted by Crippen LogP contribution is 2.32. The summed E-state index contributed by atoms with van der Waals surface area (Å²) >= 11 is 0. The van der Waals surface area contributed by atoms with Crippen molar-refractivity contribution in [2.24, 2.45) is 0 Å². The molecule has 0 aliphatic heterocycles. The van der Waals surface area contributed by atoms with Gasteiger partial charge in [-0.2, -0.15) is 0 Å². The molecule has 0 saturated heterocycles. The Kier molecular flexibility index (Phi) is 6.71. The molecule has 19 heavy (non-hydrogen) atoms. The summed E-state index contributed by atoms with van der Waals surface area (Å²) < 4.78 is 11.4. The van der Waals surface area contributed by atoms with E-state index >= 15 is 0 Å². The SMILES string of the molecule is CCC(C)NCc1cccc(OC)c1OC(C)CC. The quantitative estimate of drug-likeness (QED) is 0.776. The molecule has 0 aromatic heterocycles. The van der Waals surface area contributed by atoms with Crippen molar-refractivity contribution in [1.82, 2.24) is 5.32 Å². The fourth-order valence-corrected chi connectivity index (χ4v) is 1.71. The average molecular weight is 265 g/mol. The third kappa shape index (κ3) is 4.75. The molecule has 108 valence electrons. The maximum atomic E-state index is 6.02. The number of hydrogen-bond donors (Lipinski definition) is 1. The fourth-order valence-electron chi connectivity index (χ4n) is 1.71. The maximum Gasteiger partial charge on any atom is 0.166 e. The number of rotatable bonds is 8. The molecule has 2 unspecified atom stereocenters. The second-order valence-electron chi connectivity index (χ2n) is 4.98. The maximum absolute atomic E-state index is 6.02. The zero-order chi connectivity index (χ0) is 14.3. The van der Waals surface area contributed by atoms with Crippen molar-refractivity contribution in [2.75, 3.05) is 7.11 Å². The van der Waals surface area contributed by atoms with Crippen LogP contribution in [0.5, 0.6) is 11.5 Å². The van der Waals surface area contributed by atoms with E-state index in [2.05, 4.69) is 39.1 Å². The molecule has 0 amide bonds. The van der Waals surface area contributed by atoms with Crippen LogP contribution >= 0.6 is 0 Å². The van der Waals surface area contributed by atoms with Gasteiger partial charge in [0.2, 0.25) is 0 Å². The van der Waals surface area contributed by atoms with Crippen LogP contribution in [0.15, 0.2) is 18.2 Å². The van der Waals surface area contributed by atoms with Crippen LogP contribution in [0.4, 0.5) is 0 Å². The Morgan fingerprint density at radius 3 is 2.47 bits per heavy atom. The molecule has 1 rings (SSSR count). The largest absolute Gasteiger partial charge is 0.493 e. The normalized spacial score (nSPS) is 13.9. The van der Waals surface area contributed by atoms with E-state index in [1.165, 1.54) is 0 Å². The number of ether oxygens (including phenoxy) is 2. The van der Waals surface area contributed by atoms with Gasteiger partial charge in [0.05, 0.1) is 13.2 Å². The molecule has 0 bridgehead atoms. The second kappa shape index (κ2) is 8.05. The van der Waals surface area contributed by atoms with Crippen molar-refractivity contribution in [2.45, 2.75) is 59.2 Å². The summed E-state index contributed by atoms with van der Waals surface area (Å²) in [6.07, 6.45) is 2.29. The van der Waals surface area contributed by atoms with E-state index in [9.17, 15) is 0 Å². The molecule has 3 nitrogen and oxygen atoms in total. The van der Waals surface area contributed by atoms with Crippen molar-refractivity contribution in [3.63, 3.8) is 0 Å². The number of para-hydroxylation sites is 1. The monoisotopic (exact) mass is 265 g/mol. The van der Waals surface area contributed by atoms with E-state index in [4.69, 9.17) is 9.47 Å². The van der Waals surface area contributed by atoms with Crippen molar-refractivity contribution >= 4 is 0 Å². The van der Waals surface area contributed by atoms with Crippen molar-refractivity contribution in [3.8, 4) is 11.5 Å². The van der Waals surface area contributed by atoms with Crippen molar-refractivity contribution in [1.29, 1.82) is 0 Å². The molecule has 0 spiro atoms.